The summed E-state index contributed by atoms with van der Waals surface area (Å²) in [5.41, 5.74) is 1.28. The van der Waals surface area contributed by atoms with E-state index in [-0.39, 0.29) is 5.75 Å². The van der Waals surface area contributed by atoms with Crippen molar-refractivity contribution in [1.29, 1.82) is 0 Å². The first-order chi connectivity index (χ1) is 8.60. The fraction of sp³-hybridized carbons (Fsp3) is 0.308. The number of rotatable bonds is 4. The van der Waals surface area contributed by atoms with Crippen LogP contribution < -0.4 is 4.74 Å². The third-order valence-electron chi connectivity index (χ3n) is 2.71. The zero-order valence-corrected chi connectivity index (χ0v) is 10.3. The number of aliphatic hydroxyl groups is 1. The van der Waals surface area contributed by atoms with Gasteiger partial charge in [0.05, 0.1) is 19.1 Å². The lowest BCUT2D eigenvalue weighted by Gasteiger charge is -2.09. The molecule has 0 aliphatic carbocycles. The fourth-order valence-corrected chi connectivity index (χ4v) is 1.77. The molecule has 1 aromatic carbocycles. The predicted molar refractivity (Wildman–Crippen MR) is 64.8 cm³/mol. The van der Waals surface area contributed by atoms with Crippen molar-refractivity contribution in [3.8, 4) is 5.75 Å². The molecule has 0 spiro atoms. The number of aliphatic hydroxyl groups excluding tert-OH is 1. The van der Waals surface area contributed by atoms with Crippen LogP contribution in [0.4, 0.5) is 4.39 Å². The molecule has 5 heteroatoms. The standard InChI is InChI=1S/C13H15FN2O2/c1-16-7-11(15-8-16)12(17)6-9-3-4-13(18-2)10(14)5-9/h3-5,7-8,12,17H,6H2,1-2H3. The molecule has 0 radical (unpaired) electrons. The van der Waals surface area contributed by atoms with E-state index in [1.165, 1.54) is 13.2 Å². The van der Waals surface area contributed by atoms with Crippen LogP contribution in [-0.2, 0) is 13.5 Å². The van der Waals surface area contributed by atoms with Crippen molar-refractivity contribution in [2.24, 2.45) is 7.05 Å². The van der Waals surface area contributed by atoms with Crippen molar-refractivity contribution in [2.75, 3.05) is 7.11 Å². The number of benzene rings is 1. The minimum atomic E-state index is -0.737. The SMILES string of the molecule is COc1ccc(CC(O)c2cn(C)cn2)cc1F. The second-order valence-electron chi connectivity index (χ2n) is 4.15. The number of methoxy groups -OCH3 is 1. The molecule has 0 saturated carbocycles. The molecule has 0 saturated heterocycles. The van der Waals surface area contributed by atoms with Gasteiger partial charge in [0.2, 0.25) is 0 Å². The van der Waals surface area contributed by atoms with Crippen LogP contribution in [0.2, 0.25) is 0 Å². The molecule has 1 atom stereocenters. The molecule has 18 heavy (non-hydrogen) atoms. The maximum Gasteiger partial charge on any atom is 0.165 e. The van der Waals surface area contributed by atoms with E-state index in [1.54, 1.807) is 29.2 Å². The normalized spacial score (nSPS) is 12.4. The van der Waals surface area contributed by atoms with Gasteiger partial charge in [0, 0.05) is 19.7 Å². The average Bonchev–Trinajstić information content (AvgIpc) is 2.76. The number of halogens is 1. The van der Waals surface area contributed by atoms with Gasteiger partial charge in [-0.1, -0.05) is 6.07 Å². The van der Waals surface area contributed by atoms with Crippen molar-refractivity contribution in [3.63, 3.8) is 0 Å². The van der Waals surface area contributed by atoms with Crippen molar-refractivity contribution in [2.45, 2.75) is 12.5 Å². The Balaban J connectivity index is 2.12. The predicted octanol–water partition coefficient (Wildman–Crippen LogP) is 1.84. The highest BCUT2D eigenvalue weighted by Crippen LogP contribution is 2.21. The van der Waals surface area contributed by atoms with Crippen LogP contribution in [0.25, 0.3) is 0 Å². The second kappa shape index (κ2) is 5.18. The number of imidazole rings is 1. The lowest BCUT2D eigenvalue weighted by molar-refractivity contribution is 0.174. The molecule has 0 aliphatic rings. The van der Waals surface area contributed by atoms with E-state index in [0.29, 0.717) is 17.7 Å². The summed E-state index contributed by atoms with van der Waals surface area (Å²) in [6, 6.07) is 4.65. The van der Waals surface area contributed by atoms with Gasteiger partial charge < -0.3 is 14.4 Å². The molecule has 0 fully saturated rings. The van der Waals surface area contributed by atoms with Crippen molar-refractivity contribution < 1.29 is 14.2 Å². The van der Waals surface area contributed by atoms with E-state index < -0.39 is 11.9 Å². The molecular weight excluding hydrogens is 235 g/mol. The zero-order valence-electron chi connectivity index (χ0n) is 10.3. The van der Waals surface area contributed by atoms with Gasteiger partial charge in [0.1, 0.15) is 6.10 Å². The lowest BCUT2D eigenvalue weighted by Crippen LogP contribution is -2.03. The summed E-state index contributed by atoms with van der Waals surface area (Å²) < 4.78 is 20.1. The Labute approximate surface area is 105 Å². The first-order valence-corrected chi connectivity index (χ1v) is 5.58. The van der Waals surface area contributed by atoms with E-state index in [1.807, 2.05) is 7.05 Å². The average molecular weight is 250 g/mol. The summed E-state index contributed by atoms with van der Waals surface area (Å²) in [6.07, 6.45) is 2.94. The topological polar surface area (TPSA) is 47.3 Å². The molecule has 2 aromatic rings. The Morgan fingerprint density at radius 3 is 2.83 bits per heavy atom. The molecule has 4 nitrogen and oxygen atoms in total. The van der Waals surface area contributed by atoms with Crippen LogP contribution in [0.1, 0.15) is 17.4 Å². The van der Waals surface area contributed by atoms with Crippen LogP contribution in [0.3, 0.4) is 0 Å². The Kier molecular flexibility index (Phi) is 3.62. The van der Waals surface area contributed by atoms with E-state index in [2.05, 4.69) is 4.98 Å². The molecule has 0 aliphatic heterocycles. The fourth-order valence-electron chi connectivity index (χ4n) is 1.77. The number of hydrogen-bond acceptors (Lipinski definition) is 3. The van der Waals surface area contributed by atoms with E-state index in [0.717, 1.165) is 0 Å². The summed E-state index contributed by atoms with van der Waals surface area (Å²) >= 11 is 0. The molecule has 1 aromatic heterocycles. The van der Waals surface area contributed by atoms with Gasteiger partial charge in [-0.3, -0.25) is 0 Å². The molecule has 96 valence electrons. The van der Waals surface area contributed by atoms with Crippen LogP contribution in [0.15, 0.2) is 30.7 Å². The molecule has 0 bridgehead atoms. The van der Waals surface area contributed by atoms with Crippen LogP contribution in [-0.4, -0.2) is 21.8 Å². The minimum Gasteiger partial charge on any atom is -0.494 e. The van der Waals surface area contributed by atoms with Crippen molar-refractivity contribution in [3.05, 3.63) is 47.8 Å². The largest absolute Gasteiger partial charge is 0.494 e. The third kappa shape index (κ3) is 2.68. The van der Waals surface area contributed by atoms with Gasteiger partial charge in [-0.15, -0.1) is 0 Å². The molecule has 0 amide bonds. The van der Waals surface area contributed by atoms with Crippen molar-refractivity contribution in [1.82, 2.24) is 9.55 Å². The van der Waals surface area contributed by atoms with Crippen LogP contribution >= 0.6 is 0 Å². The highest BCUT2D eigenvalue weighted by Gasteiger charge is 2.12. The lowest BCUT2D eigenvalue weighted by atomic mass is 10.1. The van der Waals surface area contributed by atoms with E-state index in [9.17, 15) is 9.50 Å². The van der Waals surface area contributed by atoms with Gasteiger partial charge in [0.15, 0.2) is 11.6 Å². The van der Waals surface area contributed by atoms with Crippen molar-refractivity contribution >= 4 is 0 Å². The van der Waals surface area contributed by atoms with Crippen LogP contribution in [0.5, 0.6) is 5.75 Å². The number of hydrogen-bond donors (Lipinski definition) is 1. The Hall–Kier alpha value is -1.88. The number of aryl methyl sites for hydroxylation is 1. The minimum absolute atomic E-state index is 0.200. The van der Waals surface area contributed by atoms with Gasteiger partial charge in [-0.2, -0.15) is 0 Å². The highest BCUT2D eigenvalue weighted by atomic mass is 19.1. The van der Waals surface area contributed by atoms with Crippen LogP contribution in [0, 0.1) is 5.82 Å². The zero-order chi connectivity index (χ0) is 13.1. The summed E-state index contributed by atoms with van der Waals surface area (Å²) in [5.74, 6) is -0.228. The quantitative estimate of drug-likeness (QED) is 0.900. The summed E-state index contributed by atoms with van der Waals surface area (Å²) in [6.45, 7) is 0. The third-order valence-corrected chi connectivity index (χ3v) is 2.71. The van der Waals surface area contributed by atoms with Gasteiger partial charge >= 0.3 is 0 Å². The Morgan fingerprint density at radius 1 is 1.50 bits per heavy atom. The van der Waals surface area contributed by atoms with Gasteiger partial charge in [0.25, 0.3) is 0 Å². The number of aromatic nitrogens is 2. The Morgan fingerprint density at radius 2 is 2.28 bits per heavy atom. The van der Waals surface area contributed by atoms with E-state index in [4.69, 9.17) is 4.74 Å². The number of nitrogens with zero attached hydrogens (tertiary/aromatic N) is 2. The number of ether oxygens (including phenoxy) is 1. The van der Waals surface area contributed by atoms with Gasteiger partial charge in [-0.05, 0) is 17.7 Å². The molecular formula is C13H15FN2O2. The summed E-state index contributed by atoms with van der Waals surface area (Å²) in [4.78, 5) is 4.06. The maximum absolute atomic E-state index is 13.5. The highest BCUT2D eigenvalue weighted by molar-refractivity contribution is 5.30. The molecule has 1 N–H and O–H groups in total. The molecule has 2 rings (SSSR count). The van der Waals surface area contributed by atoms with Gasteiger partial charge in [-0.25, -0.2) is 9.37 Å². The van der Waals surface area contributed by atoms with E-state index >= 15 is 0 Å². The monoisotopic (exact) mass is 250 g/mol. The molecule has 1 heterocycles. The first kappa shape index (κ1) is 12.6. The second-order valence-corrected chi connectivity index (χ2v) is 4.15. The first-order valence-electron chi connectivity index (χ1n) is 5.58. The Bertz CT molecular complexity index is 540. The maximum atomic E-state index is 13.5. The smallest absolute Gasteiger partial charge is 0.165 e. The molecule has 1 unspecified atom stereocenters. The summed E-state index contributed by atoms with van der Waals surface area (Å²) in [5, 5.41) is 9.98. The summed E-state index contributed by atoms with van der Waals surface area (Å²) in [7, 11) is 3.25.